The highest BCUT2D eigenvalue weighted by Crippen LogP contribution is 2.36. The van der Waals surface area contributed by atoms with E-state index in [9.17, 15) is 9.90 Å². The number of esters is 1. The Morgan fingerprint density at radius 1 is 1.03 bits per heavy atom. The maximum atomic E-state index is 12.2. The summed E-state index contributed by atoms with van der Waals surface area (Å²) in [5.41, 5.74) is 3.40. The Balaban J connectivity index is 1.75. The van der Waals surface area contributed by atoms with Gasteiger partial charge in [-0.05, 0) is 54.9 Å². The third kappa shape index (κ3) is 6.07. The predicted octanol–water partition coefficient (Wildman–Crippen LogP) is 4.45. The number of phenolic OH excluding ortho intramolecular Hbond substituents is 1. The quantitative estimate of drug-likeness (QED) is 0.358. The van der Waals surface area contributed by atoms with E-state index in [0.717, 1.165) is 47.8 Å². The number of ether oxygens (including phenoxy) is 1. The van der Waals surface area contributed by atoms with Gasteiger partial charge >= 0.3 is 5.97 Å². The number of nitrogens with zero attached hydrogens (tertiary/aromatic N) is 3. The molecule has 0 aliphatic heterocycles. The zero-order valence-electron chi connectivity index (χ0n) is 19.2. The molecule has 0 aliphatic rings. The number of aliphatic hydroxyl groups excluding tert-OH is 1. The molecule has 1 heterocycles. The average Bonchev–Trinajstić information content (AvgIpc) is 3.18. The van der Waals surface area contributed by atoms with Crippen LogP contribution < -0.4 is 0 Å². The van der Waals surface area contributed by atoms with Gasteiger partial charge in [0.15, 0.2) is 0 Å². The Labute approximate surface area is 189 Å². The molecule has 172 valence electrons. The maximum Gasteiger partial charge on any atom is 0.306 e. The Hall–Kier alpha value is -2.93. The number of phenols is 1. The second kappa shape index (κ2) is 10.6. The van der Waals surface area contributed by atoms with Crippen LogP contribution in [0.15, 0.2) is 36.4 Å². The van der Waals surface area contributed by atoms with Crippen molar-refractivity contribution in [3.63, 3.8) is 0 Å². The number of rotatable bonds is 10. The molecule has 7 heteroatoms. The highest BCUT2D eigenvalue weighted by atomic mass is 16.5. The number of aromatic hydroxyl groups is 1. The number of aliphatic hydroxyl groups is 1. The van der Waals surface area contributed by atoms with Gasteiger partial charge in [-0.1, -0.05) is 45.4 Å². The molecule has 0 saturated heterocycles. The van der Waals surface area contributed by atoms with Crippen molar-refractivity contribution in [2.45, 2.75) is 64.7 Å². The number of aromatic nitrogens is 3. The molecule has 7 nitrogen and oxygen atoms in total. The van der Waals surface area contributed by atoms with Crippen molar-refractivity contribution in [3.8, 4) is 11.4 Å². The zero-order valence-corrected chi connectivity index (χ0v) is 19.2. The number of hydrogen-bond donors (Lipinski definition) is 2. The van der Waals surface area contributed by atoms with E-state index in [-0.39, 0.29) is 30.2 Å². The fourth-order valence-corrected chi connectivity index (χ4v) is 3.59. The number of carbonyl (C=O) groups is 1. The molecule has 32 heavy (non-hydrogen) atoms. The van der Waals surface area contributed by atoms with Crippen LogP contribution in [0.5, 0.6) is 5.75 Å². The highest BCUT2D eigenvalue weighted by molar-refractivity contribution is 5.74. The molecule has 0 atom stereocenters. The van der Waals surface area contributed by atoms with Crippen LogP contribution in [0.2, 0.25) is 0 Å². The molecular weight excluding hydrogens is 406 g/mol. The minimum atomic E-state index is -0.295. The van der Waals surface area contributed by atoms with Crippen molar-refractivity contribution < 1.29 is 19.7 Å². The monoisotopic (exact) mass is 439 g/mol. The summed E-state index contributed by atoms with van der Waals surface area (Å²) < 4.78 is 5.34. The summed E-state index contributed by atoms with van der Waals surface area (Å²) in [5.74, 6) is -0.0888. The molecule has 0 fully saturated rings. The van der Waals surface area contributed by atoms with E-state index in [4.69, 9.17) is 9.84 Å². The van der Waals surface area contributed by atoms with Gasteiger partial charge in [0, 0.05) is 18.6 Å². The summed E-state index contributed by atoms with van der Waals surface area (Å²) in [6, 6.07) is 11.3. The Kier molecular flexibility index (Phi) is 7.85. The summed E-state index contributed by atoms with van der Waals surface area (Å²) >= 11 is 0. The fraction of sp³-hybridized carbons (Fsp3) is 0.480. The van der Waals surface area contributed by atoms with Crippen LogP contribution >= 0.6 is 0 Å². The van der Waals surface area contributed by atoms with Crippen molar-refractivity contribution in [1.29, 1.82) is 0 Å². The van der Waals surface area contributed by atoms with E-state index >= 15 is 0 Å². The van der Waals surface area contributed by atoms with Crippen LogP contribution in [-0.2, 0) is 21.4 Å². The second-order valence-electron chi connectivity index (χ2n) is 9.10. The third-order valence-electron chi connectivity index (χ3n) is 5.39. The molecule has 0 saturated carbocycles. The van der Waals surface area contributed by atoms with Gasteiger partial charge in [-0.15, -0.1) is 15.0 Å². The van der Waals surface area contributed by atoms with Gasteiger partial charge in [0.05, 0.1) is 6.61 Å². The van der Waals surface area contributed by atoms with Crippen molar-refractivity contribution in [2.24, 2.45) is 0 Å². The topological polar surface area (TPSA) is 97.5 Å². The second-order valence-corrected chi connectivity index (χ2v) is 9.10. The van der Waals surface area contributed by atoms with Crippen LogP contribution in [0.3, 0.4) is 0 Å². The summed E-state index contributed by atoms with van der Waals surface area (Å²) in [6.07, 6.45) is 4.24. The van der Waals surface area contributed by atoms with E-state index in [2.05, 4.69) is 10.2 Å². The minimum Gasteiger partial charge on any atom is -0.505 e. The largest absolute Gasteiger partial charge is 0.505 e. The first-order valence-electron chi connectivity index (χ1n) is 11.2. The van der Waals surface area contributed by atoms with Crippen LogP contribution in [0.25, 0.3) is 16.7 Å². The fourth-order valence-electron chi connectivity index (χ4n) is 3.59. The normalized spacial score (nSPS) is 11.8. The van der Waals surface area contributed by atoms with Crippen molar-refractivity contribution in [1.82, 2.24) is 15.0 Å². The molecule has 0 radical (unpaired) electrons. The molecule has 0 bridgehead atoms. The zero-order chi connectivity index (χ0) is 23.1. The average molecular weight is 440 g/mol. The maximum absolute atomic E-state index is 12.2. The molecule has 3 aromatic rings. The molecule has 0 amide bonds. The van der Waals surface area contributed by atoms with Gasteiger partial charge < -0.3 is 14.9 Å². The number of hydrogen-bond acceptors (Lipinski definition) is 6. The number of unbranched alkanes of at least 4 members (excludes halogenated alkanes) is 3. The van der Waals surface area contributed by atoms with Gasteiger partial charge in [0.1, 0.15) is 22.5 Å². The molecule has 2 N–H and O–H groups in total. The summed E-state index contributed by atoms with van der Waals surface area (Å²) in [7, 11) is 0. The SMILES string of the molecule is CC(C)(C)c1cc(CCC(=O)OCCCCCCO)cc(-n2nc3ccccc3n2)c1O. The lowest BCUT2D eigenvalue weighted by atomic mass is 9.84. The van der Waals surface area contributed by atoms with Crippen molar-refractivity contribution in [3.05, 3.63) is 47.5 Å². The molecule has 1 aromatic heterocycles. The van der Waals surface area contributed by atoms with Crippen molar-refractivity contribution >= 4 is 17.0 Å². The van der Waals surface area contributed by atoms with E-state index in [1.165, 1.54) is 4.80 Å². The van der Waals surface area contributed by atoms with E-state index in [1.807, 2.05) is 57.2 Å². The first-order chi connectivity index (χ1) is 15.3. The summed E-state index contributed by atoms with van der Waals surface area (Å²) in [5, 5.41) is 28.8. The highest BCUT2D eigenvalue weighted by Gasteiger charge is 2.23. The molecule has 0 spiro atoms. The lowest BCUT2D eigenvalue weighted by Gasteiger charge is -2.23. The van der Waals surface area contributed by atoms with Crippen LogP contribution in [0, 0.1) is 0 Å². The van der Waals surface area contributed by atoms with Crippen LogP contribution in [0.4, 0.5) is 0 Å². The predicted molar refractivity (Wildman–Crippen MR) is 124 cm³/mol. The third-order valence-corrected chi connectivity index (χ3v) is 5.39. The minimum absolute atomic E-state index is 0.145. The Bertz CT molecular complexity index is 1020. The van der Waals surface area contributed by atoms with Crippen LogP contribution in [-0.4, -0.2) is 44.4 Å². The summed E-state index contributed by atoms with van der Waals surface area (Å²) in [4.78, 5) is 13.6. The summed E-state index contributed by atoms with van der Waals surface area (Å²) in [6.45, 7) is 6.71. The Morgan fingerprint density at radius 2 is 1.69 bits per heavy atom. The van der Waals surface area contributed by atoms with E-state index in [0.29, 0.717) is 18.7 Å². The first-order valence-corrected chi connectivity index (χ1v) is 11.2. The molecular formula is C25H33N3O4. The molecule has 2 aromatic carbocycles. The number of aryl methyl sites for hydroxylation is 1. The molecule has 0 unspecified atom stereocenters. The number of benzene rings is 2. The molecule has 3 rings (SSSR count). The lowest BCUT2D eigenvalue weighted by molar-refractivity contribution is -0.143. The van der Waals surface area contributed by atoms with Gasteiger partial charge in [0.2, 0.25) is 0 Å². The first kappa shape index (κ1) is 23.7. The lowest BCUT2D eigenvalue weighted by Crippen LogP contribution is -2.14. The molecule has 0 aliphatic carbocycles. The van der Waals surface area contributed by atoms with Crippen molar-refractivity contribution in [2.75, 3.05) is 13.2 Å². The number of fused-ring (bicyclic) bond motifs is 1. The standard InChI is InChI=1S/C25H33N3O4/c1-25(2,3)19-16-18(12-13-23(30)32-15-9-5-4-8-14-29)17-22(24(19)31)28-26-20-10-6-7-11-21(20)27-28/h6-7,10-11,16-17,29,31H,4-5,8-9,12-15H2,1-3H3. The van der Waals surface area contributed by atoms with Gasteiger partial charge in [0.25, 0.3) is 0 Å². The Morgan fingerprint density at radius 3 is 2.31 bits per heavy atom. The van der Waals surface area contributed by atoms with E-state index in [1.54, 1.807) is 0 Å². The number of carbonyl (C=O) groups excluding carboxylic acids is 1. The smallest absolute Gasteiger partial charge is 0.306 e. The van der Waals surface area contributed by atoms with E-state index < -0.39 is 0 Å². The van der Waals surface area contributed by atoms with Gasteiger partial charge in [-0.3, -0.25) is 4.79 Å². The van der Waals surface area contributed by atoms with Gasteiger partial charge in [-0.2, -0.15) is 0 Å². The van der Waals surface area contributed by atoms with Crippen LogP contribution in [0.1, 0.15) is 64.0 Å². The van der Waals surface area contributed by atoms with Gasteiger partial charge in [-0.25, -0.2) is 0 Å².